The van der Waals surface area contributed by atoms with Gasteiger partial charge in [0.15, 0.2) is 0 Å². The molecule has 0 aromatic carbocycles. The molecular formula is C17H35N3O. The third-order valence-corrected chi connectivity index (χ3v) is 4.19. The van der Waals surface area contributed by atoms with Crippen molar-refractivity contribution in [1.29, 1.82) is 0 Å². The topological polar surface area (TPSA) is 35.6 Å². The highest BCUT2D eigenvalue weighted by atomic mass is 16.2. The molecule has 0 aliphatic carbocycles. The van der Waals surface area contributed by atoms with Gasteiger partial charge in [-0.3, -0.25) is 9.69 Å². The number of hydrogen-bond donors (Lipinski definition) is 1. The molecule has 0 aromatic rings. The van der Waals surface area contributed by atoms with E-state index in [1.807, 2.05) is 4.90 Å². The molecule has 1 rings (SSSR count). The molecule has 1 fully saturated rings. The predicted molar refractivity (Wildman–Crippen MR) is 89.5 cm³/mol. The lowest BCUT2D eigenvalue weighted by Crippen LogP contribution is -2.50. The minimum Gasteiger partial charge on any atom is -0.337 e. The van der Waals surface area contributed by atoms with Crippen LogP contribution < -0.4 is 5.32 Å². The first-order chi connectivity index (χ1) is 9.95. The van der Waals surface area contributed by atoms with Crippen molar-refractivity contribution in [2.24, 2.45) is 0 Å². The van der Waals surface area contributed by atoms with Crippen molar-refractivity contribution in [3.63, 3.8) is 0 Å². The molecule has 0 bridgehead atoms. The molecule has 1 aliphatic heterocycles. The molecule has 0 aromatic heterocycles. The van der Waals surface area contributed by atoms with Crippen LogP contribution in [0.25, 0.3) is 0 Å². The van der Waals surface area contributed by atoms with Crippen molar-refractivity contribution in [3.8, 4) is 0 Å². The molecule has 1 heterocycles. The van der Waals surface area contributed by atoms with Crippen LogP contribution in [0, 0.1) is 0 Å². The van der Waals surface area contributed by atoms with Gasteiger partial charge in [-0.2, -0.15) is 0 Å². The van der Waals surface area contributed by atoms with Crippen LogP contribution in [0.1, 0.15) is 60.3 Å². The highest BCUT2D eigenvalue weighted by Gasteiger charge is 2.23. The zero-order valence-corrected chi connectivity index (χ0v) is 14.7. The molecule has 1 aliphatic rings. The number of hydrogen-bond acceptors (Lipinski definition) is 3. The lowest BCUT2D eigenvalue weighted by Gasteiger charge is -2.35. The maximum absolute atomic E-state index is 12.6. The monoisotopic (exact) mass is 297 g/mol. The Bertz CT molecular complexity index is 290. The number of nitrogens with zero attached hydrogens (tertiary/aromatic N) is 2. The van der Waals surface area contributed by atoms with Gasteiger partial charge >= 0.3 is 0 Å². The largest absolute Gasteiger partial charge is 0.337 e. The summed E-state index contributed by atoms with van der Waals surface area (Å²) in [7, 11) is 0. The summed E-state index contributed by atoms with van der Waals surface area (Å²) < 4.78 is 0. The number of amides is 1. The van der Waals surface area contributed by atoms with Gasteiger partial charge in [-0.25, -0.2) is 0 Å². The first-order valence-electron chi connectivity index (χ1n) is 8.72. The lowest BCUT2D eigenvalue weighted by molar-refractivity contribution is -0.136. The van der Waals surface area contributed by atoms with E-state index in [4.69, 9.17) is 0 Å². The van der Waals surface area contributed by atoms with Crippen molar-refractivity contribution < 1.29 is 4.79 Å². The van der Waals surface area contributed by atoms with Gasteiger partial charge in [0.1, 0.15) is 0 Å². The van der Waals surface area contributed by atoms with Crippen molar-refractivity contribution in [1.82, 2.24) is 15.1 Å². The Morgan fingerprint density at radius 2 is 1.86 bits per heavy atom. The molecule has 0 saturated carbocycles. The number of piperidine rings is 1. The van der Waals surface area contributed by atoms with E-state index in [0.717, 1.165) is 26.1 Å². The van der Waals surface area contributed by atoms with Gasteiger partial charge in [0.25, 0.3) is 0 Å². The van der Waals surface area contributed by atoms with Crippen LogP contribution in [0.3, 0.4) is 0 Å². The fraction of sp³-hybridized carbons (Fsp3) is 0.941. The Kier molecular flexibility index (Phi) is 8.27. The second kappa shape index (κ2) is 9.42. The average molecular weight is 297 g/mol. The highest BCUT2D eigenvalue weighted by molar-refractivity contribution is 5.78. The van der Waals surface area contributed by atoms with Crippen molar-refractivity contribution in [2.45, 2.75) is 78.4 Å². The van der Waals surface area contributed by atoms with Crippen molar-refractivity contribution in [3.05, 3.63) is 0 Å². The van der Waals surface area contributed by atoms with Crippen LogP contribution >= 0.6 is 0 Å². The molecule has 1 unspecified atom stereocenters. The van der Waals surface area contributed by atoms with Crippen molar-refractivity contribution in [2.75, 3.05) is 26.2 Å². The fourth-order valence-corrected chi connectivity index (χ4v) is 3.39. The SMILES string of the molecule is CCCN(CC(=O)N(C(C)C)C(C)C)CC1CCCCN1. The third-order valence-electron chi connectivity index (χ3n) is 4.19. The Morgan fingerprint density at radius 3 is 2.33 bits per heavy atom. The van der Waals surface area contributed by atoms with Crippen LogP contribution in [-0.4, -0.2) is 60.0 Å². The average Bonchev–Trinajstić information content (AvgIpc) is 2.39. The van der Waals surface area contributed by atoms with Gasteiger partial charge in [-0.05, 0) is 60.0 Å². The van der Waals surface area contributed by atoms with E-state index in [2.05, 4.69) is 44.8 Å². The Balaban J connectivity index is 2.57. The number of carbonyl (C=O) groups excluding carboxylic acids is 1. The van der Waals surface area contributed by atoms with Crippen LogP contribution in [0.4, 0.5) is 0 Å². The van der Waals surface area contributed by atoms with Crippen LogP contribution in [0.15, 0.2) is 0 Å². The van der Waals surface area contributed by atoms with Gasteiger partial charge in [0.05, 0.1) is 6.54 Å². The van der Waals surface area contributed by atoms with Crippen LogP contribution in [0.5, 0.6) is 0 Å². The Hall–Kier alpha value is -0.610. The summed E-state index contributed by atoms with van der Waals surface area (Å²) in [6.45, 7) is 14.3. The van der Waals surface area contributed by atoms with E-state index in [9.17, 15) is 4.79 Å². The molecule has 0 radical (unpaired) electrons. The Labute approximate surface area is 131 Å². The standard InChI is InChI=1S/C17H35N3O/c1-6-11-19(12-16-9-7-8-10-18-16)13-17(21)20(14(2)3)15(4)5/h14-16,18H,6-13H2,1-5H3. The molecule has 0 spiro atoms. The molecule has 1 N–H and O–H groups in total. The minimum absolute atomic E-state index is 0.268. The minimum atomic E-state index is 0.268. The quantitative estimate of drug-likeness (QED) is 0.747. The summed E-state index contributed by atoms with van der Waals surface area (Å²) in [6.07, 6.45) is 4.95. The van der Waals surface area contributed by atoms with Gasteiger partial charge < -0.3 is 10.2 Å². The van der Waals surface area contributed by atoms with Gasteiger partial charge in [0.2, 0.25) is 5.91 Å². The molecular weight excluding hydrogens is 262 g/mol. The second-order valence-corrected chi connectivity index (χ2v) is 6.87. The third kappa shape index (κ3) is 6.35. The molecule has 4 heteroatoms. The summed E-state index contributed by atoms with van der Waals surface area (Å²) >= 11 is 0. The fourth-order valence-electron chi connectivity index (χ4n) is 3.39. The lowest BCUT2D eigenvalue weighted by atomic mass is 10.0. The smallest absolute Gasteiger partial charge is 0.237 e. The zero-order chi connectivity index (χ0) is 15.8. The van der Waals surface area contributed by atoms with Crippen LogP contribution in [-0.2, 0) is 4.79 Å². The van der Waals surface area contributed by atoms with E-state index in [1.165, 1.54) is 19.3 Å². The van der Waals surface area contributed by atoms with E-state index < -0.39 is 0 Å². The van der Waals surface area contributed by atoms with E-state index in [-0.39, 0.29) is 18.0 Å². The summed E-state index contributed by atoms with van der Waals surface area (Å²) in [4.78, 5) is 17.0. The molecule has 4 nitrogen and oxygen atoms in total. The highest BCUT2D eigenvalue weighted by Crippen LogP contribution is 2.11. The molecule has 21 heavy (non-hydrogen) atoms. The summed E-state index contributed by atoms with van der Waals surface area (Å²) in [5.74, 6) is 0.268. The first-order valence-corrected chi connectivity index (χ1v) is 8.72. The maximum Gasteiger partial charge on any atom is 0.237 e. The summed E-state index contributed by atoms with van der Waals surface area (Å²) in [6, 6.07) is 1.10. The maximum atomic E-state index is 12.6. The molecule has 124 valence electrons. The number of rotatable bonds is 8. The van der Waals surface area contributed by atoms with Gasteiger partial charge in [-0.1, -0.05) is 13.3 Å². The number of nitrogens with one attached hydrogen (secondary N) is 1. The molecule has 1 saturated heterocycles. The number of carbonyl (C=O) groups is 1. The van der Waals surface area contributed by atoms with E-state index in [1.54, 1.807) is 0 Å². The van der Waals surface area contributed by atoms with Crippen LogP contribution in [0.2, 0.25) is 0 Å². The summed E-state index contributed by atoms with van der Waals surface area (Å²) in [5.41, 5.74) is 0. The van der Waals surface area contributed by atoms with Gasteiger partial charge in [0, 0.05) is 24.7 Å². The second-order valence-electron chi connectivity index (χ2n) is 6.87. The molecule has 1 atom stereocenters. The van der Waals surface area contributed by atoms with E-state index >= 15 is 0 Å². The Morgan fingerprint density at radius 1 is 1.19 bits per heavy atom. The van der Waals surface area contributed by atoms with E-state index in [0.29, 0.717) is 12.6 Å². The predicted octanol–water partition coefficient (Wildman–Crippen LogP) is 2.49. The van der Waals surface area contributed by atoms with Gasteiger partial charge in [-0.15, -0.1) is 0 Å². The first kappa shape index (κ1) is 18.4. The summed E-state index contributed by atoms with van der Waals surface area (Å²) in [5, 5.41) is 3.59. The zero-order valence-electron chi connectivity index (χ0n) is 14.7. The van der Waals surface area contributed by atoms with Crippen molar-refractivity contribution >= 4 is 5.91 Å². The molecule has 1 amide bonds. The normalized spacial score (nSPS) is 19.5.